The average Bonchev–Trinajstić information content (AvgIpc) is 2.64. The van der Waals surface area contributed by atoms with Gasteiger partial charge in [0.15, 0.2) is 0 Å². The third-order valence-corrected chi connectivity index (χ3v) is 4.14. The number of hydrogen-bond acceptors (Lipinski definition) is 2. The summed E-state index contributed by atoms with van der Waals surface area (Å²) in [4.78, 5) is 0. The Morgan fingerprint density at radius 1 is 0.958 bits per heavy atom. The van der Waals surface area contributed by atoms with E-state index in [9.17, 15) is 0 Å². The molecule has 124 valence electrons. The van der Waals surface area contributed by atoms with E-state index in [1.807, 2.05) is 66.8 Å². The summed E-state index contributed by atoms with van der Waals surface area (Å²) in [6, 6.07) is 19.9. The second-order valence-electron chi connectivity index (χ2n) is 5.71. The van der Waals surface area contributed by atoms with Crippen LogP contribution in [-0.4, -0.2) is 11.7 Å². The van der Waals surface area contributed by atoms with Gasteiger partial charge in [0.1, 0.15) is 5.75 Å². The maximum Gasteiger partial charge on any atom is 0.234 e. The van der Waals surface area contributed by atoms with Crippen LogP contribution in [-0.2, 0) is 4.74 Å². The molecule has 0 bridgehead atoms. The Balaban J connectivity index is 1.85. The third kappa shape index (κ3) is 4.28. The molecule has 0 aromatic heterocycles. The quantitative estimate of drug-likeness (QED) is 0.478. The molecule has 24 heavy (non-hydrogen) atoms. The molecule has 1 aliphatic rings. The Labute approximate surface area is 148 Å². The molecule has 0 fully saturated rings. The zero-order valence-corrected chi connectivity index (χ0v) is 14.2. The Bertz CT molecular complexity index is 681. The van der Waals surface area contributed by atoms with Crippen LogP contribution < -0.4 is 4.74 Å². The highest BCUT2D eigenvalue weighted by Gasteiger charge is 2.34. The zero-order chi connectivity index (χ0) is 16.7. The minimum absolute atomic E-state index is 0.122. The van der Waals surface area contributed by atoms with E-state index in [-0.39, 0.29) is 6.10 Å². The minimum atomic E-state index is -0.817. The monoisotopic (exact) mass is 340 g/mol. The molecule has 1 aliphatic carbocycles. The van der Waals surface area contributed by atoms with Gasteiger partial charge in [0.2, 0.25) is 5.79 Å². The van der Waals surface area contributed by atoms with Crippen molar-refractivity contribution in [2.45, 2.75) is 24.7 Å². The van der Waals surface area contributed by atoms with Gasteiger partial charge in [-0.05, 0) is 30.2 Å². The Morgan fingerprint density at radius 2 is 1.67 bits per heavy atom. The number of halogens is 1. The van der Waals surface area contributed by atoms with Crippen molar-refractivity contribution in [2.75, 3.05) is 5.88 Å². The van der Waals surface area contributed by atoms with Crippen molar-refractivity contribution < 1.29 is 9.47 Å². The number of benzene rings is 2. The maximum absolute atomic E-state index is 6.46. The van der Waals surface area contributed by atoms with Crippen molar-refractivity contribution in [1.29, 1.82) is 0 Å². The van der Waals surface area contributed by atoms with Crippen LogP contribution in [0.1, 0.15) is 24.5 Å². The van der Waals surface area contributed by atoms with E-state index >= 15 is 0 Å². The largest absolute Gasteiger partial charge is 0.458 e. The molecule has 0 spiro atoms. The van der Waals surface area contributed by atoms with Crippen LogP contribution in [0.25, 0.3) is 0 Å². The summed E-state index contributed by atoms with van der Waals surface area (Å²) in [5, 5.41) is 0. The van der Waals surface area contributed by atoms with Gasteiger partial charge in [0, 0.05) is 12.3 Å². The maximum atomic E-state index is 6.46. The summed E-state index contributed by atoms with van der Waals surface area (Å²) >= 11 is 6.02. The molecule has 0 amide bonds. The third-order valence-electron chi connectivity index (χ3n) is 3.92. The number of rotatable bonds is 7. The number of hydrogen-bond donors (Lipinski definition) is 0. The van der Waals surface area contributed by atoms with E-state index in [1.54, 1.807) is 0 Å². The highest BCUT2D eigenvalue weighted by molar-refractivity contribution is 6.17. The number of allylic oxidation sites excluding steroid dienone is 2. The molecule has 0 aliphatic heterocycles. The summed E-state index contributed by atoms with van der Waals surface area (Å²) in [5.74, 6) is 0.499. The summed E-state index contributed by atoms with van der Waals surface area (Å²) in [6.45, 7) is 0. The normalized spacial score (nSPS) is 20.7. The van der Waals surface area contributed by atoms with E-state index in [0.717, 1.165) is 17.7 Å². The first-order valence-electron chi connectivity index (χ1n) is 8.18. The minimum Gasteiger partial charge on any atom is -0.458 e. The van der Waals surface area contributed by atoms with Gasteiger partial charge in [0.05, 0.1) is 6.10 Å². The van der Waals surface area contributed by atoms with Gasteiger partial charge in [-0.15, -0.1) is 11.6 Å². The summed E-state index contributed by atoms with van der Waals surface area (Å²) in [7, 11) is 0. The topological polar surface area (TPSA) is 18.5 Å². The smallest absolute Gasteiger partial charge is 0.234 e. The predicted octanol–water partition coefficient (Wildman–Crippen LogP) is 5.66. The van der Waals surface area contributed by atoms with Crippen LogP contribution in [0.5, 0.6) is 5.75 Å². The van der Waals surface area contributed by atoms with Gasteiger partial charge >= 0.3 is 0 Å². The van der Waals surface area contributed by atoms with Crippen LogP contribution in [0.15, 0.2) is 85.0 Å². The molecule has 0 saturated heterocycles. The van der Waals surface area contributed by atoms with Gasteiger partial charge in [-0.1, -0.05) is 66.8 Å². The van der Waals surface area contributed by atoms with E-state index in [4.69, 9.17) is 21.1 Å². The molecule has 0 N–H and O–H groups in total. The second kappa shape index (κ2) is 8.18. The van der Waals surface area contributed by atoms with Crippen molar-refractivity contribution in [3.05, 3.63) is 90.5 Å². The van der Waals surface area contributed by atoms with Crippen LogP contribution in [0.2, 0.25) is 0 Å². The lowest BCUT2D eigenvalue weighted by Gasteiger charge is -2.35. The molecular formula is C21H21ClO2. The molecular weight excluding hydrogens is 320 g/mol. The molecule has 2 atom stereocenters. The molecule has 0 radical (unpaired) electrons. The van der Waals surface area contributed by atoms with Crippen LogP contribution in [0, 0.1) is 0 Å². The molecule has 0 saturated carbocycles. The molecule has 2 aromatic carbocycles. The first kappa shape index (κ1) is 16.8. The van der Waals surface area contributed by atoms with Gasteiger partial charge < -0.3 is 9.47 Å². The lowest BCUT2D eigenvalue weighted by molar-refractivity contribution is -0.180. The van der Waals surface area contributed by atoms with Gasteiger partial charge in [-0.3, -0.25) is 0 Å². The molecule has 2 nitrogen and oxygen atoms in total. The van der Waals surface area contributed by atoms with Crippen molar-refractivity contribution in [3.63, 3.8) is 0 Å². The fourth-order valence-corrected chi connectivity index (χ4v) is 2.96. The standard InChI is InChI=1S/C21H21ClO2/c22-17-14-20(18-10-4-1-5-11-18)24-21(15-8-3-9-16-21)23-19-12-6-2-7-13-19/h1-13,15,20H,14,16-17H2/t20-,21?/m0/s1. The second-order valence-corrected chi connectivity index (χ2v) is 6.09. The molecule has 2 aromatic rings. The van der Waals surface area contributed by atoms with Crippen molar-refractivity contribution in [2.24, 2.45) is 0 Å². The van der Waals surface area contributed by atoms with E-state index in [1.165, 1.54) is 0 Å². The highest BCUT2D eigenvalue weighted by atomic mass is 35.5. The van der Waals surface area contributed by atoms with Crippen LogP contribution in [0.4, 0.5) is 0 Å². The number of alkyl halides is 1. The van der Waals surface area contributed by atoms with Gasteiger partial charge in [0.25, 0.3) is 0 Å². The van der Waals surface area contributed by atoms with Crippen LogP contribution in [0.3, 0.4) is 0 Å². The average molecular weight is 341 g/mol. The lowest BCUT2D eigenvalue weighted by Crippen LogP contribution is -2.39. The first-order valence-corrected chi connectivity index (χ1v) is 8.72. The van der Waals surface area contributed by atoms with Crippen LogP contribution >= 0.6 is 11.6 Å². The van der Waals surface area contributed by atoms with E-state index in [2.05, 4.69) is 18.2 Å². The number of para-hydroxylation sites is 1. The fraction of sp³-hybridized carbons (Fsp3) is 0.238. The number of ether oxygens (including phenoxy) is 2. The Hall–Kier alpha value is -2.03. The molecule has 1 unspecified atom stereocenters. The van der Waals surface area contributed by atoms with Gasteiger partial charge in [-0.25, -0.2) is 0 Å². The Morgan fingerprint density at radius 3 is 2.29 bits per heavy atom. The first-order chi connectivity index (χ1) is 11.8. The zero-order valence-electron chi connectivity index (χ0n) is 13.5. The van der Waals surface area contributed by atoms with Gasteiger partial charge in [-0.2, -0.15) is 0 Å². The van der Waals surface area contributed by atoms with E-state index < -0.39 is 5.79 Å². The fourth-order valence-electron chi connectivity index (χ4n) is 2.76. The van der Waals surface area contributed by atoms with Crippen molar-refractivity contribution in [1.82, 2.24) is 0 Å². The van der Waals surface area contributed by atoms with E-state index in [0.29, 0.717) is 12.3 Å². The SMILES string of the molecule is ClCC[C@H](OC1(Oc2ccccc2)C=CC=CC1)c1ccccc1. The lowest BCUT2D eigenvalue weighted by atomic mass is 10.0. The summed E-state index contributed by atoms with van der Waals surface area (Å²) in [6.07, 6.45) is 9.27. The molecule has 3 rings (SSSR count). The van der Waals surface area contributed by atoms with Crippen molar-refractivity contribution >= 4 is 11.6 Å². The van der Waals surface area contributed by atoms with Crippen molar-refractivity contribution in [3.8, 4) is 5.75 Å². The predicted molar refractivity (Wildman–Crippen MR) is 98.3 cm³/mol. The highest BCUT2D eigenvalue weighted by Crippen LogP contribution is 2.34. The summed E-state index contributed by atoms with van der Waals surface area (Å²) in [5.41, 5.74) is 1.11. The summed E-state index contributed by atoms with van der Waals surface area (Å²) < 4.78 is 12.7. The molecule has 3 heteroatoms. The molecule has 0 heterocycles. The Kier molecular flexibility index (Phi) is 5.73.